The summed E-state index contributed by atoms with van der Waals surface area (Å²) in [5.74, 6) is -0.774. The van der Waals surface area contributed by atoms with E-state index in [1.54, 1.807) is 36.4 Å². The number of hydrogen-bond acceptors (Lipinski definition) is 4. The molecule has 4 aromatic carbocycles. The Bertz CT molecular complexity index is 1650. The number of carbonyl (C=O) groups excluding carboxylic acids is 2. The fourth-order valence-corrected chi connectivity index (χ4v) is 6.53. The molecule has 0 bridgehead atoms. The van der Waals surface area contributed by atoms with Crippen LogP contribution in [0, 0.1) is 20.8 Å². The molecule has 224 valence electrons. The maximum absolute atomic E-state index is 14.4. The molecular formula is C35H39N3O4S. The number of para-hydroxylation sites is 1. The number of sulfonamides is 1. The van der Waals surface area contributed by atoms with Gasteiger partial charge in [0.15, 0.2) is 0 Å². The van der Waals surface area contributed by atoms with Crippen LogP contribution in [0.4, 0.5) is 5.69 Å². The van der Waals surface area contributed by atoms with Gasteiger partial charge in [-0.15, -0.1) is 0 Å². The first-order chi connectivity index (χ1) is 20.6. The van der Waals surface area contributed by atoms with Crippen LogP contribution in [0.2, 0.25) is 0 Å². The van der Waals surface area contributed by atoms with Crippen LogP contribution in [-0.2, 0) is 32.6 Å². The highest BCUT2D eigenvalue weighted by molar-refractivity contribution is 7.92. The standard InChI is InChI=1S/C35H39N3O4S/c1-5-36-35(40)33(23-29-14-7-6-8-15-29)37(24-30-16-11-12-27(3)22-30)34(39)25-38(32-17-10-9-13-28(32)4)43(41,42)31-20-18-26(2)19-21-31/h6-22,33H,5,23-25H2,1-4H3,(H,36,40)/t33-/m0/s1. The smallest absolute Gasteiger partial charge is 0.264 e. The number of benzene rings is 4. The Kier molecular flexibility index (Phi) is 10.4. The van der Waals surface area contributed by atoms with Crippen molar-refractivity contribution in [1.29, 1.82) is 0 Å². The zero-order valence-corrected chi connectivity index (χ0v) is 26.0. The first kappa shape index (κ1) is 31.5. The third kappa shape index (κ3) is 7.90. The van der Waals surface area contributed by atoms with Gasteiger partial charge in [-0.3, -0.25) is 13.9 Å². The van der Waals surface area contributed by atoms with Crippen LogP contribution in [0.5, 0.6) is 0 Å². The number of carbonyl (C=O) groups is 2. The molecule has 0 aromatic heterocycles. The zero-order valence-electron chi connectivity index (χ0n) is 25.2. The molecule has 0 radical (unpaired) electrons. The summed E-state index contributed by atoms with van der Waals surface area (Å²) in [6.07, 6.45) is 0.277. The van der Waals surface area contributed by atoms with Crippen molar-refractivity contribution in [3.63, 3.8) is 0 Å². The van der Waals surface area contributed by atoms with Crippen LogP contribution in [-0.4, -0.2) is 44.3 Å². The molecular weight excluding hydrogens is 558 g/mol. The first-order valence-electron chi connectivity index (χ1n) is 14.4. The molecule has 0 heterocycles. The summed E-state index contributed by atoms with van der Waals surface area (Å²) in [6, 6.07) is 30.1. The van der Waals surface area contributed by atoms with Gasteiger partial charge in [-0.25, -0.2) is 8.42 Å². The van der Waals surface area contributed by atoms with Crippen LogP contribution >= 0.6 is 0 Å². The molecule has 0 spiro atoms. The van der Waals surface area contributed by atoms with Crippen molar-refractivity contribution in [3.8, 4) is 0 Å². The molecule has 0 aliphatic rings. The van der Waals surface area contributed by atoms with Gasteiger partial charge >= 0.3 is 0 Å². The molecule has 1 N–H and O–H groups in total. The van der Waals surface area contributed by atoms with E-state index >= 15 is 0 Å². The van der Waals surface area contributed by atoms with Gasteiger partial charge in [0, 0.05) is 19.5 Å². The van der Waals surface area contributed by atoms with E-state index in [4.69, 9.17) is 0 Å². The zero-order chi connectivity index (χ0) is 31.0. The molecule has 0 saturated carbocycles. The molecule has 43 heavy (non-hydrogen) atoms. The molecule has 7 nitrogen and oxygen atoms in total. The Balaban J connectivity index is 1.80. The molecule has 0 fully saturated rings. The maximum Gasteiger partial charge on any atom is 0.264 e. The molecule has 4 aromatic rings. The average Bonchev–Trinajstić information content (AvgIpc) is 2.99. The number of nitrogens with one attached hydrogen (secondary N) is 1. The predicted octanol–water partition coefficient (Wildman–Crippen LogP) is 5.58. The third-order valence-electron chi connectivity index (χ3n) is 7.33. The highest BCUT2D eigenvalue weighted by Crippen LogP contribution is 2.28. The minimum Gasteiger partial charge on any atom is -0.355 e. The molecule has 0 unspecified atom stereocenters. The number of nitrogens with zero attached hydrogens (tertiary/aromatic N) is 2. The van der Waals surface area contributed by atoms with Crippen LogP contribution in [0.25, 0.3) is 0 Å². The lowest BCUT2D eigenvalue weighted by molar-refractivity contribution is -0.140. The largest absolute Gasteiger partial charge is 0.355 e. The minimum absolute atomic E-state index is 0.0870. The van der Waals surface area contributed by atoms with E-state index in [2.05, 4.69) is 5.32 Å². The van der Waals surface area contributed by atoms with Crippen LogP contribution < -0.4 is 9.62 Å². The normalized spacial score (nSPS) is 11.9. The third-order valence-corrected chi connectivity index (χ3v) is 9.10. The molecule has 0 aliphatic heterocycles. The maximum atomic E-state index is 14.4. The van der Waals surface area contributed by atoms with Crippen molar-refractivity contribution in [2.75, 3.05) is 17.4 Å². The Hall–Kier alpha value is -4.43. The number of hydrogen-bond donors (Lipinski definition) is 1. The van der Waals surface area contributed by atoms with Gasteiger partial charge in [0.05, 0.1) is 10.6 Å². The Morgan fingerprint density at radius 1 is 0.767 bits per heavy atom. The number of likely N-dealkylation sites (N-methyl/N-ethyl adjacent to an activating group) is 1. The number of anilines is 1. The summed E-state index contributed by atoms with van der Waals surface area (Å²) in [6.45, 7) is 7.56. The van der Waals surface area contributed by atoms with Gasteiger partial charge < -0.3 is 10.2 Å². The highest BCUT2D eigenvalue weighted by atomic mass is 32.2. The average molecular weight is 598 g/mol. The van der Waals surface area contributed by atoms with E-state index in [0.29, 0.717) is 17.8 Å². The molecule has 0 saturated heterocycles. The summed E-state index contributed by atoms with van der Waals surface area (Å²) in [5.41, 5.74) is 4.80. The van der Waals surface area contributed by atoms with E-state index in [1.807, 2.05) is 94.4 Å². The SMILES string of the molecule is CCNC(=O)[C@H](Cc1ccccc1)N(Cc1cccc(C)c1)C(=O)CN(c1ccccc1C)S(=O)(=O)c1ccc(C)cc1. The fourth-order valence-electron chi connectivity index (χ4n) is 5.05. The van der Waals surface area contributed by atoms with Crippen molar-refractivity contribution in [1.82, 2.24) is 10.2 Å². The highest BCUT2D eigenvalue weighted by Gasteiger charge is 2.34. The lowest BCUT2D eigenvalue weighted by atomic mass is 10.0. The second-order valence-electron chi connectivity index (χ2n) is 10.7. The Morgan fingerprint density at radius 3 is 2.07 bits per heavy atom. The second-order valence-corrected chi connectivity index (χ2v) is 12.6. The Labute approximate surface area is 255 Å². The molecule has 4 rings (SSSR count). The number of rotatable bonds is 12. The summed E-state index contributed by atoms with van der Waals surface area (Å²) >= 11 is 0. The van der Waals surface area contributed by atoms with Crippen LogP contribution in [0.1, 0.15) is 34.7 Å². The van der Waals surface area contributed by atoms with Gasteiger partial charge in [-0.05, 0) is 62.6 Å². The van der Waals surface area contributed by atoms with Crippen molar-refractivity contribution in [2.24, 2.45) is 0 Å². The van der Waals surface area contributed by atoms with Crippen LogP contribution in [0.3, 0.4) is 0 Å². The van der Waals surface area contributed by atoms with Gasteiger partial charge in [0.25, 0.3) is 10.0 Å². The van der Waals surface area contributed by atoms with Gasteiger partial charge in [0.1, 0.15) is 12.6 Å². The van der Waals surface area contributed by atoms with Gasteiger partial charge in [-0.2, -0.15) is 0 Å². The van der Waals surface area contributed by atoms with Crippen molar-refractivity contribution in [2.45, 2.75) is 51.6 Å². The topological polar surface area (TPSA) is 86.8 Å². The Morgan fingerprint density at radius 2 is 1.42 bits per heavy atom. The van der Waals surface area contributed by atoms with E-state index in [9.17, 15) is 18.0 Å². The molecule has 2 amide bonds. The lowest BCUT2D eigenvalue weighted by Crippen LogP contribution is -2.53. The summed E-state index contributed by atoms with van der Waals surface area (Å²) < 4.78 is 29.4. The fraction of sp³-hybridized carbons (Fsp3) is 0.257. The lowest BCUT2D eigenvalue weighted by Gasteiger charge is -2.34. The number of aryl methyl sites for hydroxylation is 3. The summed E-state index contributed by atoms with van der Waals surface area (Å²) in [5, 5.41) is 2.89. The number of amides is 2. The predicted molar refractivity (Wildman–Crippen MR) is 171 cm³/mol. The quantitative estimate of drug-likeness (QED) is 0.231. The second kappa shape index (κ2) is 14.2. The van der Waals surface area contributed by atoms with Crippen LogP contribution in [0.15, 0.2) is 108 Å². The summed E-state index contributed by atoms with van der Waals surface area (Å²) in [4.78, 5) is 29.6. The molecule has 8 heteroatoms. The van der Waals surface area contributed by atoms with Crippen molar-refractivity contribution in [3.05, 3.63) is 131 Å². The van der Waals surface area contributed by atoms with E-state index in [0.717, 1.165) is 26.6 Å². The molecule has 0 aliphatic carbocycles. The van der Waals surface area contributed by atoms with E-state index < -0.39 is 28.5 Å². The van der Waals surface area contributed by atoms with Gasteiger partial charge in [0.2, 0.25) is 11.8 Å². The monoisotopic (exact) mass is 597 g/mol. The van der Waals surface area contributed by atoms with Gasteiger partial charge in [-0.1, -0.05) is 96.1 Å². The van der Waals surface area contributed by atoms with E-state index in [1.165, 1.54) is 4.90 Å². The van der Waals surface area contributed by atoms with Crippen molar-refractivity contribution < 1.29 is 18.0 Å². The molecule has 1 atom stereocenters. The van der Waals surface area contributed by atoms with E-state index in [-0.39, 0.29) is 23.8 Å². The van der Waals surface area contributed by atoms with Crippen molar-refractivity contribution >= 4 is 27.5 Å². The summed E-state index contributed by atoms with van der Waals surface area (Å²) in [7, 11) is -4.13. The first-order valence-corrected chi connectivity index (χ1v) is 15.9. The minimum atomic E-state index is -4.13.